The summed E-state index contributed by atoms with van der Waals surface area (Å²) in [5, 5.41) is 13.7. The quantitative estimate of drug-likeness (QED) is 0.810. The normalized spacial score (nSPS) is 23.0. The lowest BCUT2D eigenvalue weighted by Gasteiger charge is -2.28. The first-order valence-electron chi connectivity index (χ1n) is 6.77. The summed E-state index contributed by atoms with van der Waals surface area (Å²) in [6.07, 6.45) is 5.67. The summed E-state index contributed by atoms with van der Waals surface area (Å²) in [5.41, 5.74) is 0. The van der Waals surface area contributed by atoms with Crippen molar-refractivity contribution in [3.05, 3.63) is 24.4 Å². The number of carbonyl (C=O) groups excluding carboxylic acids is 1. The van der Waals surface area contributed by atoms with Gasteiger partial charge in [0, 0.05) is 18.4 Å². The minimum absolute atomic E-state index is 0.0226. The Bertz CT molecular complexity index is 400. The lowest BCUT2D eigenvalue weighted by atomic mass is 9.92. The number of rotatable bonds is 5. The lowest BCUT2D eigenvalue weighted by molar-refractivity contribution is -0.122. The molecule has 0 bridgehead atoms. The van der Waals surface area contributed by atoms with E-state index >= 15 is 0 Å². The van der Waals surface area contributed by atoms with Gasteiger partial charge in [-0.1, -0.05) is 18.9 Å². The molecule has 0 radical (unpaired) electrons. The van der Waals surface area contributed by atoms with Gasteiger partial charge in [0.1, 0.15) is 0 Å². The molecular formula is C14H20N2O2S. The van der Waals surface area contributed by atoms with E-state index in [9.17, 15) is 9.90 Å². The van der Waals surface area contributed by atoms with Gasteiger partial charge in [0.2, 0.25) is 5.91 Å². The van der Waals surface area contributed by atoms with Gasteiger partial charge in [0.15, 0.2) is 0 Å². The second-order valence-electron chi connectivity index (χ2n) is 4.79. The third-order valence-corrected chi connectivity index (χ3v) is 4.24. The van der Waals surface area contributed by atoms with Gasteiger partial charge in [-0.05, 0) is 25.0 Å². The van der Waals surface area contributed by atoms with Crippen LogP contribution >= 0.6 is 11.8 Å². The Morgan fingerprint density at radius 3 is 3.00 bits per heavy atom. The molecule has 104 valence electrons. The maximum absolute atomic E-state index is 11.8. The molecule has 0 aliphatic heterocycles. The van der Waals surface area contributed by atoms with Gasteiger partial charge in [0.25, 0.3) is 0 Å². The van der Waals surface area contributed by atoms with E-state index in [4.69, 9.17) is 0 Å². The molecule has 0 saturated heterocycles. The monoisotopic (exact) mass is 280 g/mol. The highest BCUT2D eigenvalue weighted by Crippen LogP contribution is 2.19. The van der Waals surface area contributed by atoms with Crippen molar-refractivity contribution in [2.24, 2.45) is 0 Å². The first-order valence-corrected chi connectivity index (χ1v) is 7.75. The van der Waals surface area contributed by atoms with Crippen LogP contribution in [0.4, 0.5) is 0 Å². The molecule has 1 aromatic heterocycles. The molecule has 5 heteroatoms. The molecule has 2 rings (SSSR count). The SMILES string of the molecule is O=C(CCSc1ccccn1)NC1CCCCC1O. The summed E-state index contributed by atoms with van der Waals surface area (Å²) in [6, 6.07) is 5.70. The van der Waals surface area contributed by atoms with E-state index in [-0.39, 0.29) is 18.1 Å². The van der Waals surface area contributed by atoms with E-state index < -0.39 is 0 Å². The van der Waals surface area contributed by atoms with Crippen LogP contribution in [0, 0.1) is 0 Å². The topological polar surface area (TPSA) is 62.2 Å². The number of aromatic nitrogens is 1. The molecular weight excluding hydrogens is 260 g/mol. The standard InChI is InChI=1S/C14H20N2O2S/c17-12-6-2-1-5-11(12)16-13(18)8-10-19-14-7-3-4-9-15-14/h3-4,7,9,11-12,17H,1-2,5-6,8,10H2,(H,16,18). The van der Waals surface area contributed by atoms with Crippen molar-refractivity contribution in [1.29, 1.82) is 0 Å². The van der Waals surface area contributed by atoms with E-state index in [0.29, 0.717) is 12.2 Å². The van der Waals surface area contributed by atoms with Crippen LogP contribution in [-0.4, -0.2) is 33.9 Å². The Morgan fingerprint density at radius 1 is 1.42 bits per heavy atom. The zero-order chi connectivity index (χ0) is 13.5. The van der Waals surface area contributed by atoms with E-state index in [1.807, 2.05) is 18.2 Å². The molecule has 2 unspecified atom stereocenters. The molecule has 19 heavy (non-hydrogen) atoms. The zero-order valence-corrected chi connectivity index (χ0v) is 11.7. The lowest BCUT2D eigenvalue weighted by Crippen LogP contribution is -2.45. The van der Waals surface area contributed by atoms with Crippen LogP contribution in [0.5, 0.6) is 0 Å². The number of thioether (sulfide) groups is 1. The van der Waals surface area contributed by atoms with Crippen molar-refractivity contribution in [1.82, 2.24) is 10.3 Å². The minimum Gasteiger partial charge on any atom is -0.391 e. The third kappa shape index (κ3) is 4.84. The predicted molar refractivity (Wildman–Crippen MR) is 76.0 cm³/mol. The molecule has 1 heterocycles. The van der Waals surface area contributed by atoms with Gasteiger partial charge < -0.3 is 10.4 Å². The molecule has 2 atom stereocenters. The molecule has 0 aromatic carbocycles. The van der Waals surface area contributed by atoms with E-state index in [2.05, 4.69) is 10.3 Å². The molecule has 1 amide bonds. The number of amides is 1. The zero-order valence-electron chi connectivity index (χ0n) is 10.9. The molecule has 4 nitrogen and oxygen atoms in total. The molecule has 1 fully saturated rings. The fraction of sp³-hybridized carbons (Fsp3) is 0.571. The van der Waals surface area contributed by atoms with Crippen molar-refractivity contribution >= 4 is 17.7 Å². The second-order valence-corrected chi connectivity index (χ2v) is 5.91. The Kier molecular flexibility index (Phi) is 5.66. The van der Waals surface area contributed by atoms with Gasteiger partial charge in [-0.15, -0.1) is 11.8 Å². The van der Waals surface area contributed by atoms with Gasteiger partial charge in [-0.25, -0.2) is 4.98 Å². The van der Waals surface area contributed by atoms with Gasteiger partial charge in [-0.3, -0.25) is 4.79 Å². The Balaban J connectivity index is 1.67. The number of nitrogens with one attached hydrogen (secondary N) is 1. The number of aliphatic hydroxyl groups is 1. The highest BCUT2D eigenvalue weighted by molar-refractivity contribution is 7.99. The van der Waals surface area contributed by atoms with Crippen LogP contribution in [0.25, 0.3) is 0 Å². The fourth-order valence-electron chi connectivity index (χ4n) is 2.24. The number of hydrogen-bond acceptors (Lipinski definition) is 4. The predicted octanol–water partition coefficient (Wildman–Crippen LogP) is 1.98. The maximum Gasteiger partial charge on any atom is 0.221 e. The summed E-state index contributed by atoms with van der Waals surface area (Å²) in [6.45, 7) is 0. The highest BCUT2D eigenvalue weighted by Gasteiger charge is 2.24. The van der Waals surface area contributed by atoms with Crippen molar-refractivity contribution in [2.45, 2.75) is 49.3 Å². The molecule has 2 N–H and O–H groups in total. The van der Waals surface area contributed by atoms with Crippen molar-refractivity contribution in [2.75, 3.05) is 5.75 Å². The van der Waals surface area contributed by atoms with Crippen molar-refractivity contribution in [3.8, 4) is 0 Å². The minimum atomic E-state index is -0.374. The van der Waals surface area contributed by atoms with Crippen molar-refractivity contribution in [3.63, 3.8) is 0 Å². The highest BCUT2D eigenvalue weighted by atomic mass is 32.2. The number of carbonyl (C=O) groups is 1. The first kappa shape index (κ1) is 14.3. The summed E-state index contributed by atoms with van der Waals surface area (Å²) < 4.78 is 0. The summed E-state index contributed by atoms with van der Waals surface area (Å²) in [5.74, 6) is 0.737. The van der Waals surface area contributed by atoms with Crippen LogP contribution in [-0.2, 0) is 4.79 Å². The second kappa shape index (κ2) is 7.50. The largest absolute Gasteiger partial charge is 0.391 e. The van der Waals surface area contributed by atoms with E-state index in [1.54, 1.807) is 18.0 Å². The fourth-order valence-corrected chi connectivity index (χ4v) is 3.05. The summed E-state index contributed by atoms with van der Waals surface area (Å²) in [7, 11) is 0. The van der Waals surface area contributed by atoms with E-state index in [0.717, 1.165) is 30.7 Å². The number of hydrogen-bond donors (Lipinski definition) is 2. The Labute approximate surface area is 118 Å². The van der Waals surface area contributed by atoms with Gasteiger partial charge >= 0.3 is 0 Å². The first-order chi connectivity index (χ1) is 9.25. The molecule has 1 aromatic rings. The van der Waals surface area contributed by atoms with Crippen LogP contribution in [0.2, 0.25) is 0 Å². The van der Waals surface area contributed by atoms with Gasteiger partial charge in [0.05, 0.1) is 17.2 Å². The number of aliphatic hydroxyl groups excluding tert-OH is 1. The average Bonchev–Trinajstić information content (AvgIpc) is 2.43. The van der Waals surface area contributed by atoms with Crippen LogP contribution in [0.1, 0.15) is 32.1 Å². The molecule has 0 spiro atoms. The average molecular weight is 280 g/mol. The number of nitrogens with zero attached hydrogens (tertiary/aromatic N) is 1. The third-order valence-electron chi connectivity index (χ3n) is 3.29. The Morgan fingerprint density at radius 2 is 2.26 bits per heavy atom. The smallest absolute Gasteiger partial charge is 0.221 e. The molecule has 1 saturated carbocycles. The summed E-state index contributed by atoms with van der Waals surface area (Å²) >= 11 is 1.58. The summed E-state index contributed by atoms with van der Waals surface area (Å²) in [4.78, 5) is 16.0. The maximum atomic E-state index is 11.8. The van der Waals surface area contributed by atoms with Crippen LogP contribution < -0.4 is 5.32 Å². The molecule has 1 aliphatic rings. The van der Waals surface area contributed by atoms with Gasteiger partial charge in [-0.2, -0.15) is 0 Å². The Hall–Kier alpha value is -1.07. The number of pyridine rings is 1. The van der Waals surface area contributed by atoms with Crippen LogP contribution in [0.3, 0.4) is 0 Å². The van der Waals surface area contributed by atoms with Crippen molar-refractivity contribution < 1.29 is 9.90 Å². The molecule has 1 aliphatic carbocycles. The van der Waals surface area contributed by atoms with Crippen LogP contribution in [0.15, 0.2) is 29.4 Å². The van der Waals surface area contributed by atoms with E-state index in [1.165, 1.54) is 0 Å².